The lowest BCUT2D eigenvalue weighted by molar-refractivity contribution is 0.0478. The lowest BCUT2D eigenvalue weighted by Gasteiger charge is -2.32. The molecule has 2 aromatic carbocycles. The van der Waals surface area contributed by atoms with Gasteiger partial charge in [0.1, 0.15) is 0 Å². The molecule has 2 heterocycles. The number of hydrogen-bond acceptors (Lipinski definition) is 2. The van der Waals surface area contributed by atoms with Gasteiger partial charge in [-0.3, -0.25) is 4.79 Å². The number of carbonyl (C=O) groups excluding carboxylic acids is 1. The molecule has 4 heteroatoms. The van der Waals surface area contributed by atoms with Crippen LogP contribution in [-0.4, -0.2) is 35.1 Å². The minimum absolute atomic E-state index is 0.128. The predicted molar refractivity (Wildman–Crippen MR) is 110 cm³/mol. The number of rotatable bonds is 6. The van der Waals surface area contributed by atoms with Gasteiger partial charge in [-0.1, -0.05) is 30.3 Å². The van der Waals surface area contributed by atoms with Gasteiger partial charge in [0.25, 0.3) is 5.91 Å². The Bertz CT molecular complexity index is 865. The minimum Gasteiger partial charge on any atom is -0.376 e. The number of nitrogens with zero attached hydrogens (tertiary/aromatic N) is 2. The monoisotopic (exact) mass is 374 g/mol. The smallest absolute Gasteiger partial charge is 0.253 e. The number of amides is 1. The second-order valence-electron chi connectivity index (χ2n) is 7.37. The highest BCUT2D eigenvalue weighted by atomic mass is 16.5. The third-order valence-electron chi connectivity index (χ3n) is 5.38. The molecule has 4 nitrogen and oxygen atoms in total. The average molecular weight is 374 g/mol. The van der Waals surface area contributed by atoms with Gasteiger partial charge in [0.2, 0.25) is 0 Å². The van der Waals surface area contributed by atoms with Crippen molar-refractivity contribution >= 4 is 5.91 Å². The molecular formula is C24H26N2O2. The molecule has 144 valence electrons. The second kappa shape index (κ2) is 8.89. The summed E-state index contributed by atoms with van der Waals surface area (Å²) in [6, 6.07) is 22.1. The molecule has 28 heavy (non-hydrogen) atoms. The maximum absolute atomic E-state index is 12.8. The third kappa shape index (κ3) is 4.52. The first kappa shape index (κ1) is 18.5. The van der Waals surface area contributed by atoms with E-state index in [0.717, 1.165) is 43.8 Å². The molecule has 0 saturated carbocycles. The van der Waals surface area contributed by atoms with Gasteiger partial charge in [-0.2, -0.15) is 0 Å². The van der Waals surface area contributed by atoms with E-state index in [1.54, 1.807) is 0 Å². The Kier molecular flexibility index (Phi) is 5.88. The fourth-order valence-corrected chi connectivity index (χ4v) is 3.69. The number of piperidine rings is 1. The van der Waals surface area contributed by atoms with Crippen molar-refractivity contribution in [3.8, 4) is 5.69 Å². The Morgan fingerprint density at radius 3 is 2.25 bits per heavy atom. The van der Waals surface area contributed by atoms with Gasteiger partial charge in [-0.25, -0.2) is 0 Å². The first-order valence-electron chi connectivity index (χ1n) is 9.94. The lowest BCUT2D eigenvalue weighted by Crippen LogP contribution is -2.39. The van der Waals surface area contributed by atoms with Crippen molar-refractivity contribution in [1.82, 2.24) is 9.47 Å². The summed E-state index contributed by atoms with van der Waals surface area (Å²) in [5.41, 5.74) is 3.03. The van der Waals surface area contributed by atoms with E-state index < -0.39 is 0 Å². The van der Waals surface area contributed by atoms with Crippen molar-refractivity contribution in [3.63, 3.8) is 0 Å². The summed E-state index contributed by atoms with van der Waals surface area (Å²) in [6.07, 6.45) is 6.01. The van der Waals surface area contributed by atoms with Crippen LogP contribution in [0.3, 0.4) is 0 Å². The van der Waals surface area contributed by atoms with Gasteiger partial charge in [0, 0.05) is 43.3 Å². The molecule has 0 bridgehead atoms. The van der Waals surface area contributed by atoms with Gasteiger partial charge in [0.05, 0.1) is 6.61 Å². The van der Waals surface area contributed by atoms with Crippen LogP contribution in [0, 0.1) is 5.92 Å². The Hall–Kier alpha value is -2.85. The molecule has 1 fully saturated rings. The quantitative estimate of drug-likeness (QED) is 0.634. The number of hydrogen-bond donors (Lipinski definition) is 0. The highest BCUT2D eigenvalue weighted by molar-refractivity contribution is 5.94. The Balaban J connectivity index is 1.24. The average Bonchev–Trinajstić information content (AvgIpc) is 3.30. The summed E-state index contributed by atoms with van der Waals surface area (Å²) in [7, 11) is 0. The van der Waals surface area contributed by atoms with Gasteiger partial charge in [0.15, 0.2) is 0 Å². The molecule has 1 amide bonds. The normalized spacial score (nSPS) is 14.9. The zero-order valence-corrected chi connectivity index (χ0v) is 16.0. The number of carbonyl (C=O) groups is 1. The van der Waals surface area contributed by atoms with Gasteiger partial charge in [-0.15, -0.1) is 0 Å². The van der Waals surface area contributed by atoms with Crippen LogP contribution in [0.4, 0.5) is 0 Å². The summed E-state index contributed by atoms with van der Waals surface area (Å²) < 4.78 is 7.92. The summed E-state index contributed by atoms with van der Waals surface area (Å²) >= 11 is 0. The molecule has 0 aliphatic carbocycles. The van der Waals surface area contributed by atoms with Crippen LogP contribution in [0.1, 0.15) is 28.8 Å². The summed E-state index contributed by atoms with van der Waals surface area (Å²) in [5, 5.41) is 0. The first-order chi connectivity index (χ1) is 13.8. The highest BCUT2D eigenvalue weighted by Crippen LogP contribution is 2.20. The van der Waals surface area contributed by atoms with Crippen molar-refractivity contribution in [1.29, 1.82) is 0 Å². The van der Waals surface area contributed by atoms with E-state index in [1.165, 1.54) is 5.56 Å². The molecule has 0 N–H and O–H groups in total. The number of benzene rings is 2. The Labute approximate surface area is 166 Å². The molecule has 0 atom stereocenters. The highest BCUT2D eigenvalue weighted by Gasteiger charge is 2.23. The van der Waals surface area contributed by atoms with Crippen LogP contribution in [0.2, 0.25) is 0 Å². The van der Waals surface area contributed by atoms with Crippen LogP contribution in [0.15, 0.2) is 79.1 Å². The third-order valence-corrected chi connectivity index (χ3v) is 5.38. The van der Waals surface area contributed by atoms with Crippen LogP contribution in [-0.2, 0) is 11.3 Å². The Morgan fingerprint density at radius 2 is 1.57 bits per heavy atom. The summed E-state index contributed by atoms with van der Waals surface area (Å²) in [5.74, 6) is 0.659. The summed E-state index contributed by atoms with van der Waals surface area (Å²) in [4.78, 5) is 14.8. The van der Waals surface area contributed by atoms with Crippen molar-refractivity contribution in [3.05, 3.63) is 90.3 Å². The number of likely N-dealkylation sites (tertiary alicyclic amines) is 1. The SMILES string of the molecule is O=C(c1ccc(-n2cccc2)cc1)N1CCC(COCc2ccccc2)CC1. The van der Waals surface area contributed by atoms with E-state index in [9.17, 15) is 4.79 Å². The van der Waals surface area contributed by atoms with Crippen molar-refractivity contribution in [2.24, 2.45) is 5.92 Å². The number of aromatic nitrogens is 1. The standard InChI is InChI=1S/C24H26N2O2/c27-24(22-8-10-23(11-9-22)25-14-4-5-15-25)26-16-12-21(13-17-26)19-28-18-20-6-2-1-3-7-20/h1-11,14-15,21H,12-13,16-19H2. The van der Waals surface area contributed by atoms with Gasteiger partial charge in [-0.05, 0) is 60.7 Å². The molecule has 1 saturated heterocycles. The first-order valence-corrected chi connectivity index (χ1v) is 9.94. The molecule has 0 unspecified atom stereocenters. The van der Waals surface area contributed by atoms with E-state index in [-0.39, 0.29) is 5.91 Å². The maximum atomic E-state index is 12.8. The van der Waals surface area contributed by atoms with Crippen molar-refractivity contribution in [2.45, 2.75) is 19.4 Å². The fraction of sp³-hybridized carbons (Fsp3) is 0.292. The molecule has 3 aromatic rings. The molecule has 0 radical (unpaired) electrons. The molecule has 1 aliphatic rings. The Morgan fingerprint density at radius 1 is 0.893 bits per heavy atom. The van der Waals surface area contributed by atoms with Crippen LogP contribution in [0.5, 0.6) is 0 Å². The van der Waals surface area contributed by atoms with E-state index >= 15 is 0 Å². The topological polar surface area (TPSA) is 34.5 Å². The van der Waals surface area contributed by atoms with Crippen molar-refractivity contribution < 1.29 is 9.53 Å². The number of ether oxygens (including phenoxy) is 1. The van der Waals surface area contributed by atoms with Crippen LogP contribution < -0.4 is 0 Å². The van der Waals surface area contributed by atoms with Gasteiger partial charge >= 0.3 is 0 Å². The summed E-state index contributed by atoms with van der Waals surface area (Å²) in [6.45, 7) is 3.03. The zero-order chi connectivity index (χ0) is 19.2. The van der Waals surface area contributed by atoms with Gasteiger partial charge < -0.3 is 14.2 Å². The second-order valence-corrected chi connectivity index (χ2v) is 7.37. The molecular weight excluding hydrogens is 348 g/mol. The van der Waals surface area contributed by atoms with Crippen LogP contribution in [0.25, 0.3) is 5.69 Å². The minimum atomic E-state index is 0.128. The van der Waals surface area contributed by atoms with E-state index in [4.69, 9.17) is 4.74 Å². The predicted octanol–water partition coefficient (Wildman–Crippen LogP) is 4.55. The molecule has 1 aliphatic heterocycles. The maximum Gasteiger partial charge on any atom is 0.253 e. The fourth-order valence-electron chi connectivity index (χ4n) is 3.69. The lowest BCUT2D eigenvalue weighted by atomic mass is 9.97. The van der Waals surface area contributed by atoms with E-state index in [0.29, 0.717) is 12.5 Å². The van der Waals surface area contributed by atoms with Crippen molar-refractivity contribution in [2.75, 3.05) is 19.7 Å². The van der Waals surface area contributed by atoms with Crippen LogP contribution >= 0.6 is 0 Å². The molecule has 4 rings (SSSR count). The van der Waals surface area contributed by atoms with E-state index in [1.807, 2.05) is 76.5 Å². The molecule has 0 spiro atoms. The largest absolute Gasteiger partial charge is 0.376 e. The van der Waals surface area contributed by atoms with E-state index in [2.05, 4.69) is 12.1 Å². The molecule has 1 aromatic heterocycles. The zero-order valence-electron chi connectivity index (χ0n) is 16.0.